The molecule has 0 unspecified atom stereocenters. The smallest absolute Gasteiger partial charge is 0.308 e. The van der Waals surface area contributed by atoms with Crippen LogP contribution in [-0.4, -0.2) is 17.1 Å². The lowest BCUT2D eigenvalue weighted by atomic mass is 9.85. The van der Waals surface area contributed by atoms with Crippen molar-refractivity contribution >= 4 is 18.4 Å². The molecule has 70 valence electrons. The first kappa shape index (κ1) is 9.81. The van der Waals surface area contributed by atoms with Crippen molar-refractivity contribution in [3.8, 4) is 0 Å². The monoisotopic (exact) mass is 191 g/mol. The molecular weight excluding hydrogens is 178 g/mol. The van der Waals surface area contributed by atoms with Gasteiger partial charge in [0.05, 0.1) is 5.92 Å². The summed E-state index contributed by atoms with van der Waals surface area (Å²) in [6, 6.07) is -0.0637. The Kier molecular flexibility index (Phi) is 2.64. The van der Waals surface area contributed by atoms with Crippen LogP contribution in [0.3, 0.4) is 0 Å². The Labute approximate surface area is 77.7 Å². The summed E-state index contributed by atoms with van der Waals surface area (Å²) in [6.45, 7) is 0. The number of carboxylic acids is 1. The van der Waals surface area contributed by atoms with E-state index >= 15 is 0 Å². The molecule has 4 heteroatoms. The Morgan fingerprint density at radius 2 is 1.92 bits per heavy atom. The van der Waals surface area contributed by atoms with Crippen LogP contribution in [0.2, 0.25) is 0 Å². The van der Waals surface area contributed by atoms with E-state index in [0.717, 1.165) is 19.3 Å². The number of hydrogen-bond donors (Lipinski definition) is 2. The molecule has 2 rings (SSSR count). The van der Waals surface area contributed by atoms with Crippen LogP contribution in [0.4, 0.5) is 0 Å². The standard InChI is InChI=1S/C8H13NO2.ClH/c9-7-5-2-1-4(3-5)6(7)8(10)11;/h4-7H,1-3,9H2,(H,10,11);1H/t4-,5+,6+,7+;/m1./s1. The summed E-state index contributed by atoms with van der Waals surface area (Å²) in [7, 11) is 0. The zero-order valence-corrected chi connectivity index (χ0v) is 7.59. The summed E-state index contributed by atoms with van der Waals surface area (Å²) in [6.07, 6.45) is 3.28. The van der Waals surface area contributed by atoms with Crippen LogP contribution < -0.4 is 5.73 Å². The normalized spacial score (nSPS) is 44.1. The lowest BCUT2D eigenvalue weighted by molar-refractivity contribution is -0.144. The van der Waals surface area contributed by atoms with Crippen molar-refractivity contribution in [3.63, 3.8) is 0 Å². The Morgan fingerprint density at radius 3 is 2.25 bits per heavy atom. The highest BCUT2D eigenvalue weighted by atomic mass is 35.5. The van der Waals surface area contributed by atoms with Crippen molar-refractivity contribution in [2.75, 3.05) is 0 Å². The van der Waals surface area contributed by atoms with Crippen molar-refractivity contribution in [3.05, 3.63) is 0 Å². The number of carbonyl (C=O) groups is 1. The van der Waals surface area contributed by atoms with E-state index in [-0.39, 0.29) is 24.4 Å². The summed E-state index contributed by atoms with van der Waals surface area (Å²) in [5.74, 6) is -0.0490. The van der Waals surface area contributed by atoms with Crippen LogP contribution in [0.1, 0.15) is 19.3 Å². The van der Waals surface area contributed by atoms with Crippen LogP contribution in [-0.2, 0) is 4.79 Å². The molecule has 2 bridgehead atoms. The van der Waals surface area contributed by atoms with E-state index in [4.69, 9.17) is 10.8 Å². The van der Waals surface area contributed by atoms with Gasteiger partial charge in [-0.1, -0.05) is 0 Å². The number of carboxylic acid groups (broad SMARTS) is 1. The van der Waals surface area contributed by atoms with Gasteiger partial charge in [0, 0.05) is 6.04 Å². The van der Waals surface area contributed by atoms with Gasteiger partial charge in [0.2, 0.25) is 0 Å². The molecule has 12 heavy (non-hydrogen) atoms. The van der Waals surface area contributed by atoms with Gasteiger partial charge in [0.15, 0.2) is 0 Å². The summed E-state index contributed by atoms with van der Waals surface area (Å²) < 4.78 is 0. The van der Waals surface area contributed by atoms with E-state index in [1.807, 2.05) is 0 Å². The molecule has 3 nitrogen and oxygen atoms in total. The molecule has 0 aromatic rings. The third-order valence-corrected chi connectivity index (χ3v) is 3.27. The Balaban J connectivity index is 0.000000720. The highest BCUT2D eigenvalue weighted by Gasteiger charge is 2.49. The fourth-order valence-electron chi connectivity index (χ4n) is 2.70. The van der Waals surface area contributed by atoms with Crippen LogP contribution in [0.25, 0.3) is 0 Å². The van der Waals surface area contributed by atoms with E-state index in [9.17, 15) is 4.79 Å². The van der Waals surface area contributed by atoms with Crippen LogP contribution >= 0.6 is 12.4 Å². The predicted octanol–water partition coefficient (Wildman–Crippen LogP) is 0.866. The van der Waals surface area contributed by atoms with Gasteiger partial charge in [0.1, 0.15) is 0 Å². The van der Waals surface area contributed by atoms with Crippen molar-refractivity contribution in [2.24, 2.45) is 23.5 Å². The molecule has 2 fully saturated rings. The number of halogens is 1. The summed E-state index contributed by atoms with van der Waals surface area (Å²) in [5, 5.41) is 8.83. The van der Waals surface area contributed by atoms with Crippen molar-refractivity contribution < 1.29 is 9.90 Å². The summed E-state index contributed by atoms with van der Waals surface area (Å²) in [5.41, 5.74) is 5.78. The first-order valence-electron chi connectivity index (χ1n) is 4.18. The number of fused-ring (bicyclic) bond motifs is 2. The number of nitrogens with two attached hydrogens (primary N) is 1. The Morgan fingerprint density at radius 1 is 1.33 bits per heavy atom. The highest BCUT2D eigenvalue weighted by molar-refractivity contribution is 5.85. The van der Waals surface area contributed by atoms with Crippen molar-refractivity contribution in [1.82, 2.24) is 0 Å². The second kappa shape index (κ2) is 3.23. The molecule has 2 aliphatic carbocycles. The zero-order chi connectivity index (χ0) is 8.01. The quantitative estimate of drug-likeness (QED) is 0.647. The van der Waals surface area contributed by atoms with Gasteiger partial charge in [-0.2, -0.15) is 0 Å². The van der Waals surface area contributed by atoms with Crippen molar-refractivity contribution in [2.45, 2.75) is 25.3 Å². The minimum atomic E-state index is -0.690. The predicted molar refractivity (Wildman–Crippen MR) is 47.2 cm³/mol. The molecule has 3 N–H and O–H groups in total. The lowest BCUT2D eigenvalue weighted by Gasteiger charge is -2.23. The fraction of sp³-hybridized carbons (Fsp3) is 0.875. The first-order chi connectivity index (χ1) is 5.20. The largest absolute Gasteiger partial charge is 0.481 e. The van der Waals surface area contributed by atoms with E-state index in [2.05, 4.69) is 0 Å². The highest BCUT2D eigenvalue weighted by Crippen LogP contribution is 2.47. The first-order valence-corrected chi connectivity index (χ1v) is 4.18. The average molecular weight is 192 g/mol. The SMILES string of the molecule is Cl.N[C@H]1[C@H]2CC[C@H](C2)[C@@H]1C(=O)O. The maximum absolute atomic E-state index is 10.7. The van der Waals surface area contributed by atoms with Gasteiger partial charge in [-0.3, -0.25) is 4.79 Å². The lowest BCUT2D eigenvalue weighted by Crippen LogP contribution is -2.40. The maximum atomic E-state index is 10.7. The second-order valence-corrected chi connectivity index (χ2v) is 3.77. The minimum absolute atomic E-state index is 0. The Bertz CT molecular complexity index is 195. The van der Waals surface area contributed by atoms with Gasteiger partial charge in [-0.25, -0.2) is 0 Å². The number of hydrogen-bond acceptors (Lipinski definition) is 2. The van der Waals surface area contributed by atoms with Crippen LogP contribution in [0.15, 0.2) is 0 Å². The molecule has 2 saturated carbocycles. The topological polar surface area (TPSA) is 63.3 Å². The third kappa shape index (κ3) is 1.21. The van der Waals surface area contributed by atoms with E-state index in [0.29, 0.717) is 11.8 Å². The molecular formula is C8H14ClNO2. The number of aliphatic carboxylic acids is 1. The molecule has 0 aromatic carbocycles. The van der Waals surface area contributed by atoms with Gasteiger partial charge in [0.25, 0.3) is 0 Å². The summed E-state index contributed by atoms with van der Waals surface area (Å²) >= 11 is 0. The molecule has 0 aliphatic heterocycles. The second-order valence-electron chi connectivity index (χ2n) is 3.77. The van der Waals surface area contributed by atoms with E-state index in [1.165, 1.54) is 0 Å². The molecule has 0 saturated heterocycles. The molecule has 0 heterocycles. The number of rotatable bonds is 1. The van der Waals surface area contributed by atoms with Gasteiger partial charge < -0.3 is 10.8 Å². The molecule has 0 amide bonds. The zero-order valence-electron chi connectivity index (χ0n) is 6.77. The molecule has 0 radical (unpaired) electrons. The molecule has 4 atom stereocenters. The molecule has 0 spiro atoms. The average Bonchev–Trinajstić information content (AvgIpc) is 2.44. The van der Waals surface area contributed by atoms with Gasteiger partial charge >= 0.3 is 5.97 Å². The van der Waals surface area contributed by atoms with E-state index < -0.39 is 5.97 Å². The van der Waals surface area contributed by atoms with Crippen LogP contribution in [0.5, 0.6) is 0 Å². The Hall–Kier alpha value is -0.280. The fourth-order valence-corrected chi connectivity index (χ4v) is 2.70. The van der Waals surface area contributed by atoms with Gasteiger partial charge in [-0.15, -0.1) is 12.4 Å². The minimum Gasteiger partial charge on any atom is -0.481 e. The molecule has 2 aliphatic rings. The van der Waals surface area contributed by atoms with Crippen molar-refractivity contribution in [1.29, 1.82) is 0 Å². The third-order valence-electron chi connectivity index (χ3n) is 3.27. The van der Waals surface area contributed by atoms with E-state index in [1.54, 1.807) is 0 Å². The van der Waals surface area contributed by atoms with Crippen LogP contribution in [0, 0.1) is 17.8 Å². The molecule has 0 aromatic heterocycles. The summed E-state index contributed by atoms with van der Waals surface area (Å²) in [4.78, 5) is 10.7. The maximum Gasteiger partial charge on any atom is 0.308 e. The van der Waals surface area contributed by atoms with Gasteiger partial charge in [-0.05, 0) is 31.1 Å².